The molecule has 0 aliphatic rings. The van der Waals surface area contributed by atoms with Gasteiger partial charge in [-0.3, -0.25) is 4.72 Å². The van der Waals surface area contributed by atoms with E-state index in [1.165, 1.54) is 11.3 Å². The average Bonchev–Trinajstić information content (AvgIpc) is 2.52. The van der Waals surface area contributed by atoms with E-state index in [-0.39, 0.29) is 5.75 Å². The van der Waals surface area contributed by atoms with Crippen LogP contribution in [0.4, 0.5) is 5.13 Å². The Kier molecular flexibility index (Phi) is 3.49. The highest BCUT2D eigenvalue weighted by molar-refractivity contribution is 7.92. The molecule has 0 spiro atoms. The summed E-state index contributed by atoms with van der Waals surface area (Å²) in [4.78, 5) is 4.17. The molecular formula is C8H14N2O2S2. The Morgan fingerprint density at radius 3 is 2.64 bits per heavy atom. The molecule has 0 atom stereocenters. The van der Waals surface area contributed by atoms with Gasteiger partial charge in [0.2, 0.25) is 10.0 Å². The molecular weight excluding hydrogens is 220 g/mol. The molecule has 0 saturated carbocycles. The third-order valence-corrected chi connectivity index (χ3v) is 3.91. The minimum Gasteiger partial charge on any atom is -0.259 e. The lowest BCUT2D eigenvalue weighted by molar-refractivity contribution is 0.602. The van der Waals surface area contributed by atoms with Crippen molar-refractivity contribution < 1.29 is 8.42 Å². The smallest absolute Gasteiger partial charge is 0.234 e. The molecule has 0 aliphatic carbocycles. The lowest BCUT2D eigenvalue weighted by atomic mass is 10.2. The summed E-state index contributed by atoms with van der Waals surface area (Å²) in [5, 5.41) is 2.33. The zero-order valence-corrected chi connectivity index (χ0v) is 10.1. The van der Waals surface area contributed by atoms with E-state index in [0.29, 0.717) is 11.0 Å². The molecule has 0 bridgehead atoms. The standard InChI is InChI=1S/C8H14N2O2S2/c1-4-14(11,12)10-8-9-7(5-13-8)6(2)3/h5-6H,4H2,1-3H3,(H,9,10). The second-order valence-electron chi connectivity index (χ2n) is 3.24. The summed E-state index contributed by atoms with van der Waals surface area (Å²) in [6.07, 6.45) is 0. The highest BCUT2D eigenvalue weighted by Gasteiger charge is 2.11. The van der Waals surface area contributed by atoms with Crippen LogP contribution in [0.15, 0.2) is 5.38 Å². The number of thiazole rings is 1. The Morgan fingerprint density at radius 1 is 1.57 bits per heavy atom. The SMILES string of the molecule is CCS(=O)(=O)Nc1nc(C(C)C)cs1. The van der Waals surface area contributed by atoms with Crippen LogP contribution in [-0.4, -0.2) is 19.2 Å². The molecule has 0 amide bonds. The number of nitrogens with zero attached hydrogens (tertiary/aromatic N) is 1. The zero-order valence-electron chi connectivity index (χ0n) is 8.44. The predicted octanol–water partition coefficient (Wildman–Crippen LogP) is 2.03. The van der Waals surface area contributed by atoms with Crippen molar-refractivity contribution in [1.29, 1.82) is 0 Å². The van der Waals surface area contributed by atoms with Crippen molar-refractivity contribution in [3.8, 4) is 0 Å². The summed E-state index contributed by atoms with van der Waals surface area (Å²) in [6.45, 7) is 5.64. The third-order valence-electron chi connectivity index (χ3n) is 1.74. The van der Waals surface area contributed by atoms with Crippen LogP contribution >= 0.6 is 11.3 Å². The van der Waals surface area contributed by atoms with Gasteiger partial charge in [-0.1, -0.05) is 13.8 Å². The molecule has 6 heteroatoms. The van der Waals surface area contributed by atoms with Crippen LogP contribution in [0.1, 0.15) is 32.4 Å². The summed E-state index contributed by atoms with van der Waals surface area (Å²) in [7, 11) is -3.19. The predicted molar refractivity (Wildman–Crippen MR) is 59.3 cm³/mol. The van der Waals surface area contributed by atoms with Crippen LogP contribution in [0.3, 0.4) is 0 Å². The molecule has 1 aromatic heterocycles. The molecule has 0 radical (unpaired) electrons. The number of hydrogen-bond donors (Lipinski definition) is 1. The number of rotatable bonds is 4. The fraction of sp³-hybridized carbons (Fsp3) is 0.625. The van der Waals surface area contributed by atoms with Gasteiger partial charge in [-0.05, 0) is 12.8 Å². The Balaban J connectivity index is 2.79. The summed E-state index contributed by atoms with van der Waals surface area (Å²) in [5.74, 6) is 0.398. The maximum Gasteiger partial charge on any atom is 0.234 e. The molecule has 0 aromatic carbocycles. The monoisotopic (exact) mass is 234 g/mol. The van der Waals surface area contributed by atoms with E-state index in [9.17, 15) is 8.42 Å². The summed E-state index contributed by atoms with van der Waals surface area (Å²) >= 11 is 1.32. The van der Waals surface area contributed by atoms with Crippen molar-refractivity contribution in [3.63, 3.8) is 0 Å². The van der Waals surface area contributed by atoms with Crippen LogP contribution in [0, 0.1) is 0 Å². The first-order chi connectivity index (χ1) is 6.44. The van der Waals surface area contributed by atoms with Gasteiger partial charge in [0.15, 0.2) is 5.13 Å². The highest BCUT2D eigenvalue weighted by atomic mass is 32.2. The van der Waals surface area contributed by atoms with Crippen LogP contribution in [-0.2, 0) is 10.0 Å². The summed E-state index contributed by atoms with van der Waals surface area (Å²) in [5.41, 5.74) is 0.920. The topological polar surface area (TPSA) is 59.1 Å². The van der Waals surface area contributed by atoms with Gasteiger partial charge in [-0.25, -0.2) is 13.4 Å². The molecule has 0 saturated heterocycles. The second kappa shape index (κ2) is 4.27. The van der Waals surface area contributed by atoms with Gasteiger partial charge >= 0.3 is 0 Å². The van der Waals surface area contributed by atoms with E-state index in [1.807, 2.05) is 19.2 Å². The Morgan fingerprint density at radius 2 is 2.21 bits per heavy atom. The van der Waals surface area contributed by atoms with Gasteiger partial charge < -0.3 is 0 Å². The molecule has 0 unspecified atom stereocenters. The first-order valence-electron chi connectivity index (χ1n) is 4.40. The number of aromatic nitrogens is 1. The first kappa shape index (κ1) is 11.5. The van der Waals surface area contributed by atoms with Crippen LogP contribution in [0.25, 0.3) is 0 Å². The quantitative estimate of drug-likeness (QED) is 0.867. The van der Waals surface area contributed by atoms with Crippen molar-refractivity contribution in [2.45, 2.75) is 26.7 Å². The highest BCUT2D eigenvalue weighted by Crippen LogP contribution is 2.22. The fourth-order valence-corrected chi connectivity index (χ4v) is 2.55. The Bertz CT molecular complexity index is 395. The summed E-state index contributed by atoms with van der Waals surface area (Å²) < 4.78 is 24.8. The first-order valence-corrected chi connectivity index (χ1v) is 6.93. The molecule has 1 N–H and O–H groups in total. The van der Waals surface area contributed by atoms with Gasteiger partial charge in [-0.15, -0.1) is 11.3 Å². The van der Waals surface area contributed by atoms with Crippen molar-refractivity contribution in [1.82, 2.24) is 4.98 Å². The van der Waals surface area contributed by atoms with Gasteiger partial charge in [0, 0.05) is 5.38 Å². The van der Waals surface area contributed by atoms with Crippen LogP contribution in [0.5, 0.6) is 0 Å². The molecule has 0 fully saturated rings. The summed E-state index contributed by atoms with van der Waals surface area (Å²) in [6, 6.07) is 0. The molecule has 14 heavy (non-hydrogen) atoms. The molecule has 1 rings (SSSR count). The number of nitrogens with one attached hydrogen (secondary N) is 1. The van der Waals surface area contributed by atoms with E-state index in [4.69, 9.17) is 0 Å². The lowest BCUT2D eigenvalue weighted by Gasteiger charge is -2.01. The maximum atomic E-state index is 11.2. The Labute approximate surface area is 88.4 Å². The van der Waals surface area contributed by atoms with Crippen molar-refractivity contribution in [2.24, 2.45) is 0 Å². The number of sulfonamides is 1. The minimum absolute atomic E-state index is 0.0730. The molecule has 80 valence electrons. The van der Waals surface area contributed by atoms with Crippen molar-refractivity contribution in [3.05, 3.63) is 11.1 Å². The van der Waals surface area contributed by atoms with Gasteiger partial charge in [0.1, 0.15) is 0 Å². The normalized spacial score (nSPS) is 12.0. The molecule has 4 nitrogen and oxygen atoms in total. The maximum absolute atomic E-state index is 11.2. The van der Waals surface area contributed by atoms with Crippen LogP contribution in [0.2, 0.25) is 0 Å². The third kappa shape index (κ3) is 2.95. The minimum atomic E-state index is -3.19. The second-order valence-corrected chi connectivity index (χ2v) is 6.11. The van der Waals surface area contributed by atoms with Crippen LogP contribution < -0.4 is 4.72 Å². The largest absolute Gasteiger partial charge is 0.259 e. The van der Waals surface area contributed by atoms with Gasteiger partial charge in [0.05, 0.1) is 11.4 Å². The molecule has 0 aliphatic heterocycles. The molecule has 1 heterocycles. The van der Waals surface area contributed by atoms with E-state index in [0.717, 1.165) is 5.69 Å². The van der Waals surface area contributed by atoms with Crippen molar-refractivity contribution >= 4 is 26.5 Å². The number of anilines is 1. The van der Waals surface area contributed by atoms with E-state index in [2.05, 4.69) is 9.71 Å². The molecule has 1 aromatic rings. The average molecular weight is 234 g/mol. The zero-order chi connectivity index (χ0) is 10.8. The van der Waals surface area contributed by atoms with Gasteiger partial charge in [-0.2, -0.15) is 0 Å². The van der Waals surface area contributed by atoms with E-state index in [1.54, 1.807) is 6.92 Å². The van der Waals surface area contributed by atoms with E-state index < -0.39 is 10.0 Å². The van der Waals surface area contributed by atoms with E-state index >= 15 is 0 Å². The van der Waals surface area contributed by atoms with Gasteiger partial charge in [0.25, 0.3) is 0 Å². The Hall–Kier alpha value is -0.620. The van der Waals surface area contributed by atoms with Crippen molar-refractivity contribution in [2.75, 3.05) is 10.5 Å². The fourth-order valence-electron chi connectivity index (χ4n) is 0.803. The number of hydrogen-bond acceptors (Lipinski definition) is 4. The lowest BCUT2D eigenvalue weighted by Crippen LogP contribution is -2.14.